The van der Waals surface area contributed by atoms with Crippen LogP contribution in [0.2, 0.25) is 0 Å². The molecule has 0 saturated heterocycles. The predicted octanol–water partition coefficient (Wildman–Crippen LogP) is 2.31. The van der Waals surface area contributed by atoms with Crippen molar-refractivity contribution in [2.75, 3.05) is 7.11 Å². The summed E-state index contributed by atoms with van der Waals surface area (Å²) in [5, 5.41) is 0. The van der Waals surface area contributed by atoms with Gasteiger partial charge in [-0.15, -0.1) is 0 Å². The minimum Gasteiger partial charge on any atom is -0.380 e. The summed E-state index contributed by atoms with van der Waals surface area (Å²) in [6, 6.07) is 5.20. The third-order valence-electron chi connectivity index (χ3n) is 3.13. The van der Waals surface area contributed by atoms with Gasteiger partial charge in [-0.05, 0) is 30.9 Å². The van der Waals surface area contributed by atoms with Crippen molar-refractivity contribution in [1.29, 1.82) is 0 Å². The number of halogens is 1. The molecule has 0 unspecified atom stereocenters. The van der Waals surface area contributed by atoms with Crippen molar-refractivity contribution in [1.82, 2.24) is 0 Å². The summed E-state index contributed by atoms with van der Waals surface area (Å²) >= 11 is 0. The molecule has 0 spiro atoms. The molecule has 2 nitrogen and oxygen atoms in total. The molecule has 1 aromatic carbocycles. The van der Waals surface area contributed by atoms with Gasteiger partial charge in [-0.1, -0.05) is 12.1 Å². The van der Waals surface area contributed by atoms with Crippen LogP contribution in [0.15, 0.2) is 18.2 Å². The van der Waals surface area contributed by atoms with Gasteiger partial charge >= 0.3 is 0 Å². The van der Waals surface area contributed by atoms with Crippen LogP contribution in [0.25, 0.3) is 0 Å². The Morgan fingerprint density at radius 2 is 2.20 bits per heavy atom. The Bertz CT molecular complexity index is 361. The average molecular weight is 209 g/mol. The number of rotatable bonds is 3. The molecule has 0 aliphatic heterocycles. The molecule has 3 heteroatoms. The highest BCUT2D eigenvalue weighted by atomic mass is 19.1. The third-order valence-corrected chi connectivity index (χ3v) is 3.13. The first kappa shape index (κ1) is 10.6. The van der Waals surface area contributed by atoms with Crippen molar-refractivity contribution in [3.63, 3.8) is 0 Å². The average Bonchev–Trinajstić information content (AvgIpc) is 2.15. The number of hydrogen-bond donors (Lipinski definition) is 1. The van der Waals surface area contributed by atoms with E-state index >= 15 is 0 Å². The van der Waals surface area contributed by atoms with Gasteiger partial charge in [-0.2, -0.15) is 0 Å². The van der Waals surface area contributed by atoms with Gasteiger partial charge in [0.2, 0.25) is 0 Å². The van der Waals surface area contributed by atoms with E-state index in [9.17, 15) is 4.39 Å². The highest BCUT2D eigenvalue weighted by molar-refractivity contribution is 5.31. The lowest BCUT2D eigenvalue weighted by Crippen LogP contribution is -2.44. The smallest absolute Gasteiger partial charge is 0.128 e. The molecule has 0 atom stereocenters. The molecule has 1 fully saturated rings. The molecule has 0 radical (unpaired) electrons. The molecular formula is C12H16FNO. The molecule has 1 aliphatic carbocycles. The quantitative estimate of drug-likeness (QED) is 0.829. The molecule has 82 valence electrons. The lowest BCUT2D eigenvalue weighted by Gasteiger charge is -2.38. The Labute approximate surface area is 89.2 Å². The van der Waals surface area contributed by atoms with E-state index in [1.165, 1.54) is 6.07 Å². The van der Waals surface area contributed by atoms with E-state index in [-0.39, 0.29) is 5.82 Å². The summed E-state index contributed by atoms with van der Waals surface area (Å²) in [5.74, 6) is -0.202. The summed E-state index contributed by atoms with van der Waals surface area (Å²) in [6.45, 7) is 0.439. The van der Waals surface area contributed by atoms with Gasteiger partial charge in [0, 0.05) is 18.2 Å². The number of benzene rings is 1. The van der Waals surface area contributed by atoms with Gasteiger partial charge in [0.25, 0.3) is 0 Å². The van der Waals surface area contributed by atoms with Crippen LogP contribution in [0.3, 0.4) is 0 Å². The van der Waals surface area contributed by atoms with Crippen molar-refractivity contribution in [3.8, 4) is 0 Å². The predicted molar refractivity (Wildman–Crippen MR) is 56.8 cm³/mol. The zero-order valence-corrected chi connectivity index (χ0v) is 8.92. The number of hydrogen-bond acceptors (Lipinski definition) is 2. The van der Waals surface area contributed by atoms with Crippen LogP contribution in [-0.2, 0) is 16.9 Å². The molecule has 0 aromatic heterocycles. The van der Waals surface area contributed by atoms with Crippen LogP contribution in [0, 0.1) is 5.82 Å². The van der Waals surface area contributed by atoms with E-state index in [1.807, 2.05) is 6.07 Å². The number of ether oxygens (including phenoxy) is 1. The largest absolute Gasteiger partial charge is 0.380 e. The zero-order chi connectivity index (χ0) is 10.9. The van der Waals surface area contributed by atoms with Gasteiger partial charge in [0.1, 0.15) is 5.82 Å². The van der Waals surface area contributed by atoms with Crippen LogP contribution in [0.1, 0.15) is 30.4 Å². The standard InChI is InChI=1S/C12H16FNO/c1-15-8-9-3-4-10(11(13)7-9)12(14)5-2-6-12/h3-4,7H,2,5-6,8,14H2,1H3. The molecule has 1 aromatic rings. The minimum absolute atomic E-state index is 0.202. The van der Waals surface area contributed by atoms with Crippen molar-refractivity contribution < 1.29 is 9.13 Å². The first-order chi connectivity index (χ1) is 7.15. The maximum absolute atomic E-state index is 13.8. The van der Waals surface area contributed by atoms with Crippen molar-refractivity contribution in [2.24, 2.45) is 5.73 Å². The normalized spacial score (nSPS) is 18.6. The molecule has 0 bridgehead atoms. The van der Waals surface area contributed by atoms with Gasteiger partial charge < -0.3 is 10.5 Å². The zero-order valence-electron chi connectivity index (χ0n) is 8.92. The van der Waals surface area contributed by atoms with E-state index in [0.29, 0.717) is 12.2 Å². The molecule has 1 aliphatic rings. The molecule has 1 saturated carbocycles. The highest BCUT2D eigenvalue weighted by Crippen LogP contribution is 2.39. The molecular weight excluding hydrogens is 193 g/mol. The second-order valence-electron chi connectivity index (χ2n) is 4.26. The van der Waals surface area contributed by atoms with Crippen LogP contribution in [-0.4, -0.2) is 7.11 Å². The second kappa shape index (κ2) is 3.91. The van der Waals surface area contributed by atoms with Crippen molar-refractivity contribution in [2.45, 2.75) is 31.4 Å². The molecule has 2 rings (SSSR count). The SMILES string of the molecule is COCc1ccc(C2(N)CCC2)c(F)c1. The second-order valence-corrected chi connectivity index (χ2v) is 4.26. The lowest BCUT2D eigenvalue weighted by atomic mass is 9.72. The van der Waals surface area contributed by atoms with E-state index in [4.69, 9.17) is 10.5 Å². The fourth-order valence-corrected chi connectivity index (χ4v) is 2.05. The number of methoxy groups -OCH3 is 1. The first-order valence-electron chi connectivity index (χ1n) is 5.22. The molecule has 0 amide bonds. The van der Waals surface area contributed by atoms with E-state index in [0.717, 1.165) is 24.8 Å². The Morgan fingerprint density at radius 3 is 2.67 bits per heavy atom. The van der Waals surface area contributed by atoms with Crippen LogP contribution in [0.5, 0.6) is 0 Å². The van der Waals surface area contributed by atoms with Gasteiger partial charge in [0.05, 0.1) is 6.61 Å². The fraction of sp³-hybridized carbons (Fsp3) is 0.500. The van der Waals surface area contributed by atoms with Crippen LogP contribution >= 0.6 is 0 Å². The highest BCUT2D eigenvalue weighted by Gasteiger charge is 2.36. The Kier molecular flexibility index (Phi) is 2.76. The fourth-order valence-electron chi connectivity index (χ4n) is 2.05. The minimum atomic E-state index is -0.421. The van der Waals surface area contributed by atoms with Crippen molar-refractivity contribution in [3.05, 3.63) is 35.1 Å². The summed E-state index contributed by atoms with van der Waals surface area (Å²) in [5.41, 5.74) is 7.15. The Hall–Kier alpha value is -0.930. The molecule has 0 heterocycles. The van der Waals surface area contributed by atoms with Crippen LogP contribution < -0.4 is 5.73 Å². The van der Waals surface area contributed by atoms with E-state index in [2.05, 4.69) is 0 Å². The topological polar surface area (TPSA) is 35.2 Å². The monoisotopic (exact) mass is 209 g/mol. The lowest BCUT2D eigenvalue weighted by molar-refractivity contribution is 0.184. The van der Waals surface area contributed by atoms with Crippen molar-refractivity contribution >= 4 is 0 Å². The first-order valence-corrected chi connectivity index (χ1v) is 5.22. The number of nitrogens with two attached hydrogens (primary N) is 1. The van der Waals surface area contributed by atoms with Gasteiger partial charge in [-0.25, -0.2) is 4.39 Å². The summed E-state index contributed by atoms with van der Waals surface area (Å²) in [7, 11) is 1.60. The summed E-state index contributed by atoms with van der Waals surface area (Å²) in [4.78, 5) is 0. The maximum atomic E-state index is 13.8. The summed E-state index contributed by atoms with van der Waals surface area (Å²) < 4.78 is 18.7. The maximum Gasteiger partial charge on any atom is 0.128 e. The van der Waals surface area contributed by atoms with E-state index < -0.39 is 5.54 Å². The van der Waals surface area contributed by atoms with Crippen LogP contribution in [0.4, 0.5) is 4.39 Å². The Morgan fingerprint density at radius 1 is 1.47 bits per heavy atom. The van der Waals surface area contributed by atoms with E-state index in [1.54, 1.807) is 13.2 Å². The summed E-state index contributed by atoms with van der Waals surface area (Å²) in [6.07, 6.45) is 2.86. The molecule has 15 heavy (non-hydrogen) atoms. The van der Waals surface area contributed by atoms with Gasteiger partial charge in [-0.3, -0.25) is 0 Å². The Balaban J connectivity index is 2.26. The van der Waals surface area contributed by atoms with Gasteiger partial charge in [0.15, 0.2) is 0 Å². The third kappa shape index (κ3) is 1.90. The molecule has 2 N–H and O–H groups in total.